The van der Waals surface area contributed by atoms with Gasteiger partial charge in [0.25, 0.3) is 0 Å². The summed E-state index contributed by atoms with van der Waals surface area (Å²) in [4.78, 5) is 15.2. The minimum atomic E-state index is -0.765. The normalized spacial score (nSPS) is 16.1. The second-order valence-corrected chi connectivity index (χ2v) is 7.19. The summed E-state index contributed by atoms with van der Waals surface area (Å²) in [5.41, 5.74) is -0.104. The van der Waals surface area contributed by atoms with Crippen molar-refractivity contribution in [1.29, 1.82) is 0 Å². The van der Waals surface area contributed by atoms with E-state index in [1.165, 1.54) is 6.33 Å². The van der Waals surface area contributed by atoms with E-state index in [0.717, 1.165) is 11.2 Å². The maximum Gasteiger partial charge on any atom is 0.205 e. The van der Waals surface area contributed by atoms with Crippen molar-refractivity contribution in [2.24, 2.45) is 0 Å². The molecule has 1 aromatic carbocycles. The fraction of sp³-hybridized carbons (Fsp3) is 0.450. The molecule has 1 N–H and O–H groups in total. The summed E-state index contributed by atoms with van der Waals surface area (Å²) in [6.07, 6.45) is 8.10. The minimum absolute atomic E-state index is 0.500. The Morgan fingerprint density at radius 2 is 1.83 bits per heavy atom. The van der Waals surface area contributed by atoms with Gasteiger partial charge in [0.05, 0.1) is 45.2 Å². The van der Waals surface area contributed by atoms with E-state index in [9.17, 15) is 5.11 Å². The van der Waals surface area contributed by atoms with Gasteiger partial charge in [-0.3, -0.25) is 0 Å². The van der Waals surface area contributed by atoms with Gasteiger partial charge in [-0.25, -0.2) is 15.0 Å². The van der Waals surface area contributed by atoms with E-state index >= 15 is 0 Å². The molecule has 0 aliphatic carbocycles. The molecule has 1 aliphatic rings. The summed E-state index contributed by atoms with van der Waals surface area (Å²) >= 11 is 0. The lowest BCUT2D eigenvalue weighted by Gasteiger charge is -2.39. The topological polar surface area (TPSA) is 94.8 Å². The second-order valence-electron chi connectivity index (χ2n) is 7.19. The van der Waals surface area contributed by atoms with Crippen LogP contribution in [0.25, 0.3) is 10.9 Å². The number of rotatable bonds is 6. The highest BCUT2D eigenvalue weighted by atomic mass is 16.5. The molecule has 0 saturated carbocycles. The lowest BCUT2D eigenvalue weighted by atomic mass is 9.91. The van der Waals surface area contributed by atoms with Crippen LogP contribution in [0.4, 0.5) is 5.82 Å². The van der Waals surface area contributed by atoms with Crippen LogP contribution >= 0.6 is 0 Å². The molecule has 1 saturated heterocycles. The zero-order valence-electron chi connectivity index (χ0n) is 16.8. The number of aliphatic hydroxyl groups is 1. The fourth-order valence-corrected chi connectivity index (χ4v) is 3.92. The lowest BCUT2D eigenvalue weighted by molar-refractivity contribution is -0.000143. The van der Waals surface area contributed by atoms with Gasteiger partial charge in [0.1, 0.15) is 17.7 Å². The van der Waals surface area contributed by atoms with E-state index in [-0.39, 0.29) is 0 Å². The molecule has 3 aromatic rings. The third kappa shape index (κ3) is 3.53. The molecule has 154 valence electrons. The maximum atomic E-state index is 11.0. The molecule has 3 heterocycles. The largest absolute Gasteiger partial charge is 0.493 e. The van der Waals surface area contributed by atoms with Crippen LogP contribution in [0.1, 0.15) is 12.8 Å². The number of hydrogen-bond acceptors (Lipinski definition) is 8. The molecule has 29 heavy (non-hydrogen) atoms. The number of aromatic nitrogens is 4. The first-order chi connectivity index (χ1) is 14.1. The van der Waals surface area contributed by atoms with Gasteiger partial charge in [0.2, 0.25) is 5.75 Å². The predicted octanol–water partition coefficient (Wildman–Crippen LogP) is 1.88. The summed E-state index contributed by atoms with van der Waals surface area (Å²) in [6, 6.07) is 1.87. The Balaban J connectivity index is 1.65. The summed E-state index contributed by atoms with van der Waals surface area (Å²) < 4.78 is 18.4. The highest BCUT2D eigenvalue weighted by Crippen LogP contribution is 2.44. The number of hydrogen-bond donors (Lipinski definition) is 1. The van der Waals surface area contributed by atoms with E-state index in [4.69, 9.17) is 14.2 Å². The van der Waals surface area contributed by atoms with Crippen LogP contribution in [0.2, 0.25) is 0 Å². The molecule has 1 aliphatic heterocycles. The Labute approximate surface area is 168 Å². The van der Waals surface area contributed by atoms with Gasteiger partial charge in [-0.15, -0.1) is 0 Å². The van der Waals surface area contributed by atoms with Crippen molar-refractivity contribution in [3.63, 3.8) is 0 Å². The van der Waals surface area contributed by atoms with Gasteiger partial charge in [-0.2, -0.15) is 0 Å². The average Bonchev–Trinajstić information content (AvgIpc) is 3.24. The molecule has 9 nitrogen and oxygen atoms in total. The number of fused-ring (bicyclic) bond motifs is 1. The van der Waals surface area contributed by atoms with E-state index in [1.807, 2.05) is 16.8 Å². The molecule has 0 amide bonds. The van der Waals surface area contributed by atoms with Crippen molar-refractivity contribution in [2.75, 3.05) is 39.3 Å². The van der Waals surface area contributed by atoms with Crippen LogP contribution < -0.4 is 19.1 Å². The first-order valence-corrected chi connectivity index (χ1v) is 9.45. The molecule has 0 atom stereocenters. The van der Waals surface area contributed by atoms with E-state index in [1.54, 1.807) is 33.9 Å². The van der Waals surface area contributed by atoms with Gasteiger partial charge in [-0.1, -0.05) is 0 Å². The van der Waals surface area contributed by atoms with Crippen molar-refractivity contribution in [3.8, 4) is 17.2 Å². The van der Waals surface area contributed by atoms with Gasteiger partial charge in [-0.05, 0) is 18.9 Å². The first kappa shape index (κ1) is 19.3. The zero-order valence-corrected chi connectivity index (χ0v) is 16.8. The maximum absolute atomic E-state index is 11.0. The van der Waals surface area contributed by atoms with Crippen molar-refractivity contribution in [1.82, 2.24) is 19.5 Å². The molecule has 1 fully saturated rings. The SMILES string of the molecule is COc1cc2c(N3CCC(O)(Cn4ccnc4)CC3)ncnc2c(OC)c1OC. The van der Waals surface area contributed by atoms with E-state index < -0.39 is 5.60 Å². The second kappa shape index (κ2) is 7.75. The van der Waals surface area contributed by atoms with E-state index in [2.05, 4.69) is 19.9 Å². The minimum Gasteiger partial charge on any atom is -0.493 e. The summed E-state index contributed by atoms with van der Waals surface area (Å²) in [5.74, 6) is 2.36. The van der Waals surface area contributed by atoms with Crippen molar-refractivity contribution < 1.29 is 19.3 Å². The lowest BCUT2D eigenvalue weighted by Crippen LogP contribution is -2.47. The summed E-state index contributed by atoms with van der Waals surface area (Å²) in [5, 5.41) is 11.8. The smallest absolute Gasteiger partial charge is 0.205 e. The average molecular weight is 399 g/mol. The molecule has 2 aromatic heterocycles. The highest BCUT2D eigenvalue weighted by Gasteiger charge is 2.34. The number of nitrogens with zero attached hydrogens (tertiary/aromatic N) is 5. The van der Waals surface area contributed by atoms with Crippen molar-refractivity contribution in [3.05, 3.63) is 31.1 Å². The monoisotopic (exact) mass is 399 g/mol. The third-order valence-electron chi connectivity index (χ3n) is 5.44. The Bertz CT molecular complexity index is 984. The van der Waals surface area contributed by atoms with Crippen LogP contribution in [-0.2, 0) is 6.54 Å². The van der Waals surface area contributed by atoms with Gasteiger partial charge < -0.3 is 28.8 Å². The number of benzene rings is 1. The molecule has 4 rings (SSSR count). The molecule has 0 radical (unpaired) electrons. The molecule has 0 spiro atoms. The molecular weight excluding hydrogens is 374 g/mol. The van der Waals surface area contributed by atoms with Crippen molar-refractivity contribution in [2.45, 2.75) is 25.0 Å². The number of piperidine rings is 1. The Kier molecular flexibility index (Phi) is 5.14. The van der Waals surface area contributed by atoms with Crippen LogP contribution in [0, 0.1) is 0 Å². The van der Waals surface area contributed by atoms with Gasteiger partial charge in [0.15, 0.2) is 11.5 Å². The highest BCUT2D eigenvalue weighted by molar-refractivity contribution is 5.97. The Hall–Kier alpha value is -3.07. The third-order valence-corrected chi connectivity index (χ3v) is 5.44. The summed E-state index contributed by atoms with van der Waals surface area (Å²) in [6.45, 7) is 1.88. The molecular formula is C20H25N5O4. The number of anilines is 1. The number of methoxy groups -OCH3 is 3. The van der Waals surface area contributed by atoms with Crippen molar-refractivity contribution >= 4 is 16.7 Å². The quantitative estimate of drug-likeness (QED) is 0.671. The first-order valence-electron chi connectivity index (χ1n) is 9.45. The predicted molar refractivity (Wildman–Crippen MR) is 108 cm³/mol. The van der Waals surface area contributed by atoms with E-state index in [0.29, 0.717) is 55.2 Å². The molecule has 0 bridgehead atoms. The zero-order chi connectivity index (χ0) is 20.4. The van der Waals surface area contributed by atoms with Crippen LogP contribution in [-0.4, -0.2) is 64.6 Å². The Morgan fingerprint density at radius 3 is 2.45 bits per heavy atom. The molecule has 0 unspecified atom stereocenters. The standard InChI is InChI=1S/C20H25N5O4/c1-27-15-10-14-16(18(29-3)17(15)28-2)22-12-23-19(14)25-7-4-20(26,5-8-25)11-24-9-6-21-13-24/h6,9-10,12-13,26H,4-5,7-8,11H2,1-3H3. The Morgan fingerprint density at radius 1 is 1.07 bits per heavy atom. The molecule has 9 heteroatoms. The van der Waals surface area contributed by atoms with Crippen LogP contribution in [0.15, 0.2) is 31.1 Å². The number of ether oxygens (including phenoxy) is 3. The number of imidazole rings is 1. The van der Waals surface area contributed by atoms with Crippen LogP contribution in [0.5, 0.6) is 17.2 Å². The van der Waals surface area contributed by atoms with Crippen LogP contribution in [0.3, 0.4) is 0 Å². The summed E-state index contributed by atoms with van der Waals surface area (Å²) in [7, 11) is 4.74. The van der Waals surface area contributed by atoms with Gasteiger partial charge >= 0.3 is 0 Å². The van der Waals surface area contributed by atoms with Gasteiger partial charge in [0, 0.05) is 25.5 Å². The fourth-order valence-electron chi connectivity index (χ4n) is 3.92.